The lowest BCUT2D eigenvalue weighted by Gasteiger charge is -2.18. The van der Waals surface area contributed by atoms with E-state index in [4.69, 9.17) is 9.47 Å². The van der Waals surface area contributed by atoms with Gasteiger partial charge in [-0.2, -0.15) is 0 Å². The van der Waals surface area contributed by atoms with Crippen LogP contribution >= 0.6 is 0 Å². The molecule has 0 aromatic carbocycles. The van der Waals surface area contributed by atoms with Gasteiger partial charge in [0.1, 0.15) is 0 Å². The van der Waals surface area contributed by atoms with Gasteiger partial charge in [-0.15, -0.1) is 0 Å². The van der Waals surface area contributed by atoms with Gasteiger partial charge in [-0.3, -0.25) is 9.59 Å². The molecule has 0 aromatic heterocycles. The molecule has 4 nitrogen and oxygen atoms in total. The molecule has 0 N–H and O–H groups in total. The lowest BCUT2D eigenvalue weighted by atomic mass is 9.89. The van der Waals surface area contributed by atoms with Gasteiger partial charge in [-0.25, -0.2) is 0 Å². The molecule has 0 aliphatic heterocycles. The predicted molar refractivity (Wildman–Crippen MR) is 100 cm³/mol. The van der Waals surface area contributed by atoms with Crippen LogP contribution in [0.25, 0.3) is 0 Å². The van der Waals surface area contributed by atoms with Crippen molar-refractivity contribution in [1.29, 1.82) is 0 Å². The Bertz CT molecular complexity index is 337. The van der Waals surface area contributed by atoms with Crippen molar-refractivity contribution in [2.24, 2.45) is 11.8 Å². The predicted octanol–water partition coefficient (Wildman–Crippen LogP) is 5.43. The van der Waals surface area contributed by atoms with Crippen LogP contribution in [-0.4, -0.2) is 25.2 Å². The van der Waals surface area contributed by atoms with Gasteiger partial charge in [0.05, 0.1) is 13.2 Å². The van der Waals surface area contributed by atoms with Crippen LogP contribution in [0.1, 0.15) is 97.3 Å². The number of carbonyl (C=O) groups is 2. The first-order valence-electron chi connectivity index (χ1n) is 10.5. The quantitative estimate of drug-likeness (QED) is 0.431. The van der Waals surface area contributed by atoms with Crippen LogP contribution in [0.5, 0.6) is 0 Å². The highest BCUT2D eigenvalue weighted by molar-refractivity contribution is 5.94. The standard InChI is InChI=1S/C21H38O4/c1-3-24-20(22)19(21(23)25-4-2)17-13-16-18-14-11-9-7-5-6-8-10-12-15-18/h18-19H,3-17H2,1-2H3. The molecular formula is C21H38O4. The van der Waals surface area contributed by atoms with E-state index in [-0.39, 0.29) is 0 Å². The zero-order valence-corrected chi connectivity index (χ0v) is 16.4. The van der Waals surface area contributed by atoms with Crippen LogP contribution < -0.4 is 0 Å². The molecule has 1 fully saturated rings. The molecule has 1 rings (SSSR count). The molecule has 4 heteroatoms. The summed E-state index contributed by atoms with van der Waals surface area (Å²) in [5.41, 5.74) is 0. The van der Waals surface area contributed by atoms with E-state index in [1.165, 1.54) is 64.2 Å². The molecule has 1 aliphatic rings. The van der Waals surface area contributed by atoms with Gasteiger partial charge in [-0.1, -0.05) is 77.0 Å². The van der Waals surface area contributed by atoms with Crippen LogP contribution in [0.3, 0.4) is 0 Å². The summed E-state index contributed by atoms with van der Waals surface area (Å²) in [6.07, 6.45) is 16.0. The third kappa shape index (κ3) is 9.86. The third-order valence-electron chi connectivity index (χ3n) is 5.22. The van der Waals surface area contributed by atoms with Gasteiger partial charge in [0.15, 0.2) is 5.92 Å². The fourth-order valence-corrected chi connectivity index (χ4v) is 3.79. The number of carbonyl (C=O) groups excluding carboxylic acids is 2. The van der Waals surface area contributed by atoms with Crippen LogP contribution in [0.15, 0.2) is 0 Å². The molecule has 1 saturated carbocycles. The van der Waals surface area contributed by atoms with Gasteiger partial charge in [0, 0.05) is 0 Å². The Morgan fingerprint density at radius 3 is 1.68 bits per heavy atom. The van der Waals surface area contributed by atoms with Gasteiger partial charge >= 0.3 is 11.9 Å². The Balaban J connectivity index is 2.44. The number of hydrogen-bond donors (Lipinski definition) is 0. The number of esters is 2. The normalized spacial score (nSPS) is 17.7. The first-order chi connectivity index (χ1) is 12.2. The van der Waals surface area contributed by atoms with Crippen molar-refractivity contribution in [2.75, 3.05) is 13.2 Å². The highest BCUT2D eigenvalue weighted by Crippen LogP contribution is 2.26. The van der Waals surface area contributed by atoms with Gasteiger partial charge in [-0.05, 0) is 26.2 Å². The topological polar surface area (TPSA) is 52.6 Å². The van der Waals surface area contributed by atoms with Crippen molar-refractivity contribution in [2.45, 2.75) is 97.3 Å². The summed E-state index contributed by atoms with van der Waals surface area (Å²) in [6, 6.07) is 0. The molecule has 0 amide bonds. The number of hydrogen-bond acceptors (Lipinski definition) is 4. The van der Waals surface area contributed by atoms with Crippen molar-refractivity contribution in [3.63, 3.8) is 0 Å². The summed E-state index contributed by atoms with van der Waals surface area (Å²) in [5, 5.41) is 0. The maximum Gasteiger partial charge on any atom is 0.320 e. The third-order valence-corrected chi connectivity index (χ3v) is 5.22. The summed E-state index contributed by atoms with van der Waals surface area (Å²) in [7, 11) is 0. The number of ether oxygens (including phenoxy) is 2. The van der Waals surface area contributed by atoms with Crippen LogP contribution in [0, 0.1) is 11.8 Å². The van der Waals surface area contributed by atoms with E-state index in [9.17, 15) is 9.59 Å². The van der Waals surface area contributed by atoms with Crippen molar-refractivity contribution in [1.82, 2.24) is 0 Å². The fraction of sp³-hybridized carbons (Fsp3) is 0.905. The van der Waals surface area contributed by atoms with Crippen LogP contribution in [0.2, 0.25) is 0 Å². The van der Waals surface area contributed by atoms with E-state index >= 15 is 0 Å². The fourth-order valence-electron chi connectivity index (χ4n) is 3.79. The SMILES string of the molecule is CCOC(=O)C(CCCC1CCCCCCCCCC1)C(=O)OCC. The Morgan fingerprint density at radius 2 is 1.24 bits per heavy atom. The van der Waals surface area contributed by atoms with E-state index in [2.05, 4.69) is 0 Å². The van der Waals surface area contributed by atoms with Crippen LogP contribution in [0.4, 0.5) is 0 Å². The summed E-state index contributed by atoms with van der Waals surface area (Å²) < 4.78 is 10.1. The average Bonchev–Trinajstić information content (AvgIpc) is 2.65. The summed E-state index contributed by atoms with van der Waals surface area (Å²) >= 11 is 0. The van der Waals surface area contributed by atoms with Gasteiger partial charge in [0.25, 0.3) is 0 Å². The molecule has 146 valence electrons. The van der Waals surface area contributed by atoms with E-state index in [0.717, 1.165) is 18.8 Å². The lowest BCUT2D eigenvalue weighted by Crippen LogP contribution is -2.28. The minimum absolute atomic E-state index is 0.303. The Labute approximate surface area is 154 Å². The Hall–Kier alpha value is -1.06. The second-order valence-corrected chi connectivity index (χ2v) is 7.26. The maximum absolute atomic E-state index is 12.0. The van der Waals surface area contributed by atoms with E-state index in [0.29, 0.717) is 19.6 Å². The van der Waals surface area contributed by atoms with E-state index in [1.807, 2.05) is 0 Å². The van der Waals surface area contributed by atoms with Crippen molar-refractivity contribution < 1.29 is 19.1 Å². The Morgan fingerprint density at radius 1 is 0.800 bits per heavy atom. The molecule has 0 aromatic rings. The molecule has 0 spiro atoms. The first-order valence-corrected chi connectivity index (χ1v) is 10.5. The maximum atomic E-state index is 12.0. The van der Waals surface area contributed by atoms with E-state index in [1.54, 1.807) is 13.8 Å². The number of rotatable bonds is 8. The van der Waals surface area contributed by atoms with Gasteiger partial charge in [0.2, 0.25) is 0 Å². The molecule has 0 unspecified atom stereocenters. The minimum atomic E-state index is -0.748. The van der Waals surface area contributed by atoms with E-state index < -0.39 is 17.9 Å². The van der Waals surface area contributed by atoms with Crippen molar-refractivity contribution in [3.05, 3.63) is 0 Å². The first kappa shape index (κ1) is 22.0. The second-order valence-electron chi connectivity index (χ2n) is 7.26. The highest BCUT2D eigenvalue weighted by atomic mass is 16.6. The molecule has 0 bridgehead atoms. The molecule has 25 heavy (non-hydrogen) atoms. The molecule has 0 radical (unpaired) electrons. The molecule has 0 heterocycles. The Kier molecular flexibility index (Phi) is 12.4. The molecule has 1 aliphatic carbocycles. The summed E-state index contributed by atoms with van der Waals surface area (Å²) in [4.78, 5) is 24.1. The summed E-state index contributed by atoms with van der Waals surface area (Å²) in [6.45, 7) is 4.14. The minimum Gasteiger partial charge on any atom is -0.465 e. The highest BCUT2D eigenvalue weighted by Gasteiger charge is 2.29. The smallest absolute Gasteiger partial charge is 0.320 e. The molecule has 0 atom stereocenters. The zero-order valence-electron chi connectivity index (χ0n) is 16.4. The average molecular weight is 355 g/mol. The lowest BCUT2D eigenvalue weighted by molar-refractivity contribution is -0.162. The molecular weight excluding hydrogens is 316 g/mol. The second kappa shape index (κ2) is 14.1. The zero-order chi connectivity index (χ0) is 18.3. The largest absolute Gasteiger partial charge is 0.465 e. The monoisotopic (exact) mass is 354 g/mol. The van der Waals surface area contributed by atoms with Crippen LogP contribution in [-0.2, 0) is 19.1 Å². The van der Waals surface area contributed by atoms with Gasteiger partial charge < -0.3 is 9.47 Å². The summed E-state index contributed by atoms with van der Waals surface area (Å²) in [5.74, 6) is -0.863. The molecule has 0 saturated heterocycles. The van der Waals surface area contributed by atoms with Crippen molar-refractivity contribution >= 4 is 11.9 Å². The van der Waals surface area contributed by atoms with Crippen molar-refractivity contribution in [3.8, 4) is 0 Å².